The van der Waals surface area contributed by atoms with Crippen molar-refractivity contribution in [3.8, 4) is 11.1 Å². The molecule has 0 N–H and O–H groups in total. The van der Waals surface area contributed by atoms with Gasteiger partial charge >= 0.3 is 0 Å². The monoisotopic (exact) mass is 424 g/mol. The van der Waals surface area contributed by atoms with Gasteiger partial charge in [-0.2, -0.15) is 0 Å². The van der Waals surface area contributed by atoms with E-state index in [0.717, 1.165) is 0 Å². The average molecular weight is 424 g/mol. The van der Waals surface area contributed by atoms with Gasteiger partial charge in [-0.1, -0.05) is 0 Å². The molecule has 0 saturated heterocycles. The molecule has 18 nitrogen and oxygen atoms in total. The average Bonchev–Trinajstić information content (AvgIpc) is 2.65. The molecule has 0 aromatic heterocycles. The first-order valence-corrected chi connectivity index (χ1v) is 7.09. The van der Waals surface area contributed by atoms with Crippen molar-refractivity contribution in [2.75, 3.05) is 0 Å². The molecule has 0 saturated carbocycles. The summed E-state index contributed by atoms with van der Waals surface area (Å²) in [7, 11) is 0. The summed E-state index contributed by atoms with van der Waals surface area (Å²) in [5, 5.41) is 67.5. The van der Waals surface area contributed by atoms with Crippen molar-refractivity contribution in [3.05, 3.63) is 85.0 Å². The quantitative estimate of drug-likeness (QED) is 0.458. The van der Waals surface area contributed by atoms with E-state index in [-0.39, 0.29) is 24.3 Å². The maximum Gasteiger partial charge on any atom is 0.291 e. The molecule has 0 radical (unpaired) electrons. The fourth-order valence-electron chi connectivity index (χ4n) is 2.49. The standard InChI is InChI=1S/C12H4N6O12/c19-13(20)5-1-7(15(23)24)11(8(2-5)16(25)26)12-9(17(27)28)3-6(14(21)22)4-10(12)18(29)30/h1-4H. The molecule has 0 atom stereocenters. The first-order chi connectivity index (χ1) is 13.9. The molecule has 2 aromatic rings. The van der Waals surface area contributed by atoms with E-state index in [9.17, 15) is 60.7 Å². The Morgan fingerprint density at radius 2 is 0.600 bits per heavy atom. The lowest BCUT2D eigenvalue weighted by molar-refractivity contribution is -0.405. The van der Waals surface area contributed by atoms with Gasteiger partial charge in [0, 0.05) is 0 Å². The summed E-state index contributed by atoms with van der Waals surface area (Å²) in [6, 6.07) is 0.878. The molecule has 0 heterocycles. The summed E-state index contributed by atoms with van der Waals surface area (Å²) < 4.78 is 0. The third-order valence-corrected chi connectivity index (χ3v) is 3.62. The van der Waals surface area contributed by atoms with Crippen LogP contribution in [0.3, 0.4) is 0 Å². The Morgan fingerprint density at radius 1 is 0.400 bits per heavy atom. The second-order valence-electron chi connectivity index (χ2n) is 5.26. The van der Waals surface area contributed by atoms with Crippen molar-refractivity contribution < 1.29 is 29.5 Å². The van der Waals surface area contributed by atoms with E-state index in [1.807, 2.05) is 0 Å². The SMILES string of the molecule is O=[N+]([O-])c1cc([N+](=O)[O-])c(-c2c([N+](=O)[O-])cc([N+](=O)[O-])cc2[N+](=O)[O-])c([N+](=O)[O-])c1. The van der Waals surface area contributed by atoms with Crippen LogP contribution in [0.1, 0.15) is 0 Å². The molecule has 2 aromatic carbocycles. The highest BCUT2D eigenvalue weighted by Gasteiger charge is 2.41. The van der Waals surface area contributed by atoms with E-state index in [2.05, 4.69) is 0 Å². The van der Waals surface area contributed by atoms with E-state index >= 15 is 0 Å². The predicted molar refractivity (Wildman–Crippen MR) is 91.8 cm³/mol. The summed E-state index contributed by atoms with van der Waals surface area (Å²) in [5.41, 5.74) is -10.5. The highest BCUT2D eigenvalue weighted by molar-refractivity contribution is 5.94. The lowest BCUT2D eigenvalue weighted by Gasteiger charge is -2.07. The Bertz CT molecular complexity index is 1010. The van der Waals surface area contributed by atoms with Gasteiger partial charge in [-0.3, -0.25) is 60.7 Å². The summed E-state index contributed by atoms with van der Waals surface area (Å²) in [6.45, 7) is 0. The summed E-state index contributed by atoms with van der Waals surface area (Å²) in [5.74, 6) is 0. The Balaban J connectivity index is 3.21. The van der Waals surface area contributed by atoms with Crippen LogP contribution in [0.4, 0.5) is 34.1 Å². The summed E-state index contributed by atoms with van der Waals surface area (Å²) in [6.07, 6.45) is 0. The molecule has 0 unspecified atom stereocenters. The molecule has 30 heavy (non-hydrogen) atoms. The number of hydrogen-bond acceptors (Lipinski definition) is 12. The molecule has 0 aliphatic carbocycles. The summed E-state index contributed by atoms with van der Waals surface area (Å²) in [4.78, 5) is 59.5. The van der Waals surface area contributed by atoms with Gasteiger partial charge in [-0.25, -0.2) is 0 Å². The normalized spacial score (nSPS) is 10.3. The van der Waals surface area contributed by atoms with Crippen LogP contribution in [0.2, 0.25) is 0 Å². The molecule has 154 valence electrons. The Hall–Kier alpha value is -5.16. The lowest BCUT2D eigenvalue weighted by atomic mass is 9.96. The largest absolute Gasteiger partial charge is 0.291 e. The summed E-state index contributed by atoms with van der Waals surface area (Å²) >= 11 is 0. The zero-order valence-corrected chi connectivity index (χ0v) is 13.9. The molecular weight excluding hydrogens is 420 g/mol. The van der Waals surface area contributed by atoms with Gasteiger partial charge in [0.2, 0.25) is 0 Å². The van der Waals surface area contributed by atoms with Crippen LogP contribution in [0.5, 0.6) is 0 Å². The second kappa shape index (κ2) is 7.46. The van der Waals surface area contributed by atoms with Crippen molar-refractivity contribution in [1.29, 1.82) is 0 Å². The molecule has 0 aliphatic heterocycles. The van der Waals surface area contributed by atoms with Gasteiger partial charge < -0.3 is 0 Å². The zero-order valence-electron chi connectivity index (χ0n) is 13.9. The topological polar surface area (TPSA) is 259 Å². The second-order valence-corrected chi connectivity index (χ2v) is 5.26. The predicted octanol–water partition coefficient (Wildman–Crippen LogP) is 2.80. The van der Waals surface area contributed by atoms with Crippen LogP contribution in [0, 0.1) is 60.7 Å². The van der Waals surface area contributed by atoms with Crippen molar-refractivity contribution in [2.45, 2.75) is 0 Å². The number of nitro benzene ring substituents is 6. The highest BCUT2D eigenvalue weighted by Crippen LogP contribution is 2.49. The highest BCUT2D eigenvalue weighted by atomic mass is 16.6. The van der Waals surface area contributed by atoms with Gasteiger partial charge in [0.1, 0.15) is 0 Å². The maximum absolute atomic E-state index is 11.4. The van der Waals surface area contributed by atoms with Crippen LogP contribution < -0.4 is 0 Å². The van der Waals surface area contributed by atoms with E-state index in [0.29, 0.717) is 0 Å². The number of nitro groups is 6. The van der Waals surface area contributed by atoms with Gasteiger partial charge in [0.15, 0.2) is 11.1 Å². The minimum atomic E-state index is -1.42. The number of benzene rings is 2. The van der Waals surface area contributed by atoms with Crippen LogP contribution in [0.15, 0.2) is 24.3 Å². The number of rotatable bonds is 7. The zero-order chi connectivity index (χ0) is 22.9. The van der Waals surface area contributed by atoms with Gasteiger partial charge in [-0.15, -0.1) is 0 Å². The third-order valence-electron chi connectivity index (χ3n) is 3.62. The minimum Gasteiger partial charge on any atom is -0.258 e. The molecule has 2 rings (SSSR count). The number of nitrogens with zero attached hydrogens (tertiary/aromatic N) is 6. The van der Waals surface area contributed by atoms with Gasteiger partial charge in [0.05, 0.1) is 53.8 Å². The van der Waals surface area contributed by atoms with Gasteiger partial charge in [0.25, 0.3) is 34.1 Å². The Labute approximate surface area is 160 Å². The van der Waals surface area contributed by atoms with E-state index in [1.54, 1.807) is 0 Å². The molecule has 0 aliphatic rings. The van der Waals surface area contributed by atoms with E-state index in [1.165, 1.54) is 0 Å². The fraction of sp³-hybridized carbons (Fsp3) is 0. The Morgan fingerprint density at radius 3 is 0.733 bits per heavy atom. The number of hydrogen-bond donors (Lipinski definition) is 0. The molecule has 0 fully saturated rings. The van der Waals surface area contributed by atoms with Crippen LogP contribution in [-0.4, -0.2) is 29.5 Å². The van der Waals surface area contributed by atoms with Gasteiger partial charge in [-0.05, 0) is 0 Å². The number of non-ortho nitro benzene ring substituents is 2. The van der Waals surface area contributed by atoms with Crippen LogP contribution in [0.25, 0.3) is 11.1 Å². The van der Waals surface area contributed by atoms with Crippen molar-refractivity contribution in [2.24, 2.45) is 0 Å². The maximum atomic E-state index is 11.4. The minimum absolute atomic E-state index is 0.219. The molecule has 18 heteroatoms. The van der Waals surface area contributed by atoms with Crippen molar-refractivity contribution in [1.82, 2.24) is 0 Å². The smallest absolute Gasteiger partial charge is 0.258 e. The molecule has 0 spiro atoms. The van der Waals surface area contributed by atoms with Crippen molar-refractivity contribution >= 4 is 34.1 Å². The van der Waals surface area contributed by atoms with Crippen LogP contribution >= 0.6 is 0 Å². The first kappa shape index (κ1) is 21.1. The van der Waals surface area contributed by atoms with E-state index < -0.39 is 74.8 Å². The third kappa shape index (κ3) is 3.62. The van der Waals surface area contributed by atoms with Crippen LogP contribution in [-0.2, 0) is 0 Å². The first-order valence-electron chi connectivity index (χ1n) is 7.09. The molecule has 0 amide bonds. The van der Waals surface area contributed by atoms with E-state index in [4.69, 9.17) is 0 Å². The van der Waals surface area contributed by atoms with Crippen molar-refractivity contribution in [3.63, 3.8) is 0 Å². The lowest BCUT2D eigenvalue weighted by Crippen LogP contribution is -2.05. The fourth-order valence-corrected chi connectivity index (χ4v) is 2.49. The Kier molecular flexibility index (Phi) is 5.26. The molecular formula is C12H4N6O12. The molecule has 0 bridgehead atoms.